The van der Waals surface area contributed by atoms with Crippen molar-refractivity contribution in [3.63, 3.8) is 0 Å². The molecule has 0 aliphatic rings. The van der Waals surface area contributed by atoms with E-state index in [1.807, 2.05) is 30.4 Å². The first-order chi connectivity index (χ1) is 7.22. The summed E-state index contributed by atoms with van der Waals surface area (Å²) in [6.45, 7) is 5.41. The highest BCUT2D eigenvalue weighted by Gasteiger charge is 1.96. The minimum atomic E-state index is 0.308. The lowest BCUT2D eigenvalue weighted by atomic mass is 9.63. The third kappa shape index (κ3) is 4.36. The van der Waals surface area contributed by atoms with E-state index in [9.17, 15) is 0 Å². The first kappa shape index (κ1) is 11.4. The van der Waals surface area contributed by atoms with Crippen LogP contribution in [-0.4, -0.2) is 12.4 Å². The van der Waals surface area contributed by atoms with Crippen LogP contribution >= 0.6 is 0 Å². The van der Waals surface area contributed by atoms with Crippen LogP contribution in [-0.2, 0) is 0 Å². The number of rotatable bonds is 4. The number of aliphatic hydroxyl groups is 1. The molecule has 0 bridgehead atoms. The fraction of sp³-hybridized carbons (Fsp3) is 0.0769. The summed E-state index contributed by atoms with van der Waals surface area (Å²) in [6, 6.07) is 10.2. The molecule has 0 aromatic heterocycles. The molecule has 0 fully saturated rings. The van der Waals surface area contributed by atoms with Gasteiger partial charge in [0.2, 0.25) is 0 Å². The lowest BCUT2D eigenvalue weighted by Crippen LogP contribution is -2.14. The first-order valence-corrected chi connectivity index (χ1v) is 4.95. The van der Waals surface area contributed by atoms with Gasteiger partial charge >= 0.3 is 0 Å². The van der Waals surface area contributed by atoms with Crippen LogP contribution in [0.2, 0.25) is 0 Å². The fourth-order valence-corrected chi connectivity index (χ4v) is 1.26. The molecule has 2 heteroatoms. The summed E-state index contributed by atoms with van der Waals surface area (Å²) in [4.78, 5) is 0. The molecule has 0 saturated heterocycles. The largest absolute Gasteiger partial charge is 0.513 e. The zero-order chi connectivity index (χ0) is 11.1. The van der Waals surface area contributed by atoms with Gasteiger partial charge in [-0.3, -0.25) is 0 Å². The minimum absolute atomic E-state index is 0.308. The molecule has 0 aliphatic carbocycles. The Labute approximate surface area is 91.7 Å². The van der Waals surface area contributed by atoms with Crippen LogP contribution in [0.4, 0.5) is 0 Å². The van der Waals surface area contributed by atoms with Crippen molar-refractivity contribution in [1.82, 2.24) is 0 Å². The van der Waals surface area contributed by atoms with Crippen molar-refractivity contribution in [2.45, 2.75) is 6.92 Å². The Morgan fingerprint density at radius 3 is 2.47 bits per heavy atom. The van der Waals surface area contributed by atoms with Gasteiger partial charge in [0.25, 0.3) is 0 Å². The van der Waals surface area contributed by atoms with Gasteiger partial charge in [-0.2, -0.15) is 0 Å². The second kappa shape index (κ2) is 5.92. The molecule has 0 spiro atoms. The van der Waals surface area contributed by atoms with Crippen molar-refractivity contribution in [2.75, 3.05) is 0 Å². The van der Waals surface area contributed by atoms with Gasteiger partial charge in [0.05, 0.1) is 5.76 Å². The van der Waals surface area contributed by atoms with Crippen molar-refractivity contribution in [2.24, 2.45) is 0 Å². The molecule has 0 atom stereocenters. The van der Waals surface area contributed by atoms with Gasteiger partial charge in [0.1, 0.15) is 0 Å². The van der Waals surface area contributed by atoms with Gasteiger partial charge in [-0.05, 0) is 13.0 Å². The van der Waals surface area contributed by atoms with Gasteiger partial charge in [-0.1, -0.05) is 60.0 Å². The minimum Gasteiger partial charge on any atom is -0.513 e. The Hall–Kier alpha value is -1.70. The summed E-state index contributed by atoms with van der Waals surface area (Å²) in [7, 11) is 0.841. The van der Waals surface area contributed by atoms with E-state index in [1.165, 1.54) is 5.46 Å². The van der Waals surface area contributed by atoms with E-state index in [4.69, 9.17) is 5.11 Å². The zero-order valence-electron chi connectivity index (χ0n) is 8.98. The summed E-state index contributed by atoms with van der Waals surface area (Å²) >= 11 is 0. The van der Waals surface area contributed by atoms with Crippen molar-refractivity contribution < 1.29 is 5.11 Å². The summed E-state index contributed by atoms with van der Waals surface area (Å²) < 4.78 is 0. The Bertz CT molecular complexity index is 373. The van der Waals surface area contributed by atoms with E-state index < -0.39 is 0 Å². The van der Waals surface area contributed by atoms with Gasteiger partial charge in [-0.15, -0.1) is 0 Å². The highest BCUT2D eigenvalue weighted by molar-refractivity contribution is 6.61. The number of allylic oxidation sites excluding steroid dienone is 5. The van der Waals surface area contributed by atoms with Crippen LogP contribution in [0.25, 0.3) is 0 Å². The third-order valence-corrected chi connectivity index (χ3v) is 2.05. The van der Waals surface area contributed by atoms with Crippen LogP contribution in [0, 0.1) is 0 Å². The quantitative estimate of drug-likeness (QED) is 0.447. The number of hydrogen-bond donors (Lipinski definition) is 1. The zero-order valence-corrected chi connectivity index (χ0v) is 8.98. The summed E-state index contributed by atoms with van der Waals surface area (Å²) in [5.74, 6) is 0.308. The van der Waals surface area contributed by atoms with Crippen LogP contribution in [0.3, 0.4) is 0 Å². The predicted octanol–water partition coefficient (Wildman–Crippen LogP) is 2.28. The maximum atomic E-state index is 9.05. The number of hydrogen-bond acceptors (Lipinski definition) is 1. The van der Waals surface area contributed by atoms with Crippen LogP contribution in [0.1, 0.15) is 6.92 Å². The van der Waals surface area contributed by atoms with E-state index in [0.717, 1.165) is 12.8 Å². The third-order valence-electron chi connectivity index (χ3n) is 2.05. The molecule has 0 saturated carbocycles. The first-order valence-electron chi connectivity index (χ1n) is 4.95. The molecule has 1 aromatic carbocycles. The lowest BCUT2D eigenvalue weighted by Gasteiger charge is -1.99. The summed E-state index contributed by atoms with van der Waals surface area (Å²) in [5.41, 5.74) is 2.34. The molecule has 0 unspecified atom stereocenters. The maximum Gasteiger partial charge on any atom is 0.192 e. The predicted molar refractivity (Wildman–Crippen MR) is 67.9 cm³/mol. The van der Waals surface area contributed by atoms with E-state index in [2.05, 4.69) is 18.7 Å². The van der Waals surface area contributed by atoms with E-state index in [-0.39, 0.29) is 0 Å². The van der Waals surface area contributed by atoms with Gasteiger partial charge in [-0.25, -0.2) is 0 Å². The monoisotopic (exact) mass is 198 g/mol. The highest BCUT2D eigenvalue weighted by atomic mass is 16.3. The molecule has 1 rings (SSSR count). The average Bonchev–Trinajstić information content (AvgIpc) is 2.25. The summed E-state index contributed by atoms with van der Waals surface area (Å²) in [5, 5.41) is 9.05. The molecule has 1 nitrogen and oxygen atoms in total. The van der Waals surface area contributed by atoms with Crippen molar-refractivity contribution in [1.29, 1.82) is 0 Å². The topological polar surface area (TPSA) is 20.2 Å². The SMILES string of the molecule is C=C/C(Bc1ccccc1)=C\C=C(/C)O. The van der Waals surface area contributed by atoms with E-state index in [1.54, 1.807) is 13.0 Å². The fourth-order valence-electron chi connectivity index (χ4n) is 1.26. The highest BCUT2D eigenvalue weighted by Crippen LogP contribution is 1.97. The molecular weight excluding hydrogens is 183 g/mol. The molecule has 15 heavy (non-hydrogen) atoms. The second-order valence-electron chi connectivity index (χ2n) is 3.42. The smallest absolute Gasteiger partial charge is 0.192 e. The van der Waals surface area contributed by atoms with E-state index in [0.29, 0.717) is 5.76 Å². The average molecular weight is 198 g/mol. The van der Waals surface area contributed by atoms with Crippen LogP contribution in [0.5, 0.6) is 0 Å². The Morgan fingerprint density at radius 1 is 1.27 bits per heavy atom. The second-order valence-corrected chi connectivity index (χ2v) is 3.42. The normalized spacial score (nSPS) is 12.3. The molecule has 0 amide bonds. The lowest BCUT2D eigenvalue weighted by molar-refractivity contribution is 0.414. The number of aliphatic hydroxyl groups excluding tert-OH is 1. The molecular formula is C13H15BO. The van der Waals surface area contributed by atoms with Gasteiger partial charge in [0, 0.05) is 0 Å². The van der Waals surface area contributed by atoms with Crippen LogP contribution < -0.4 is 5.46 Å². The Morgan fingerprint density at radius 2 is 1.93 bits per heavy atom. The molecule has 0 radical (unpaired) electrons. The van der Waals surface area contributed by atoms with E-state index >= 15 is 0 Å². The summed E-state index contributed by atoms with van der Waals surface area (Å²) in [6.07, 6.45) is 5.38. The Kier molecular flexibility index (Phi) is 4.49. The standard InChI is InChI=1S/C13H15BO/c1-3-12(10-9-11(2)15)14-13-7-5-4-6-8-13/h3-10,14-15H,1H2,2H3/b11-9+,12-10+. The maximum absolute atomic E-state index is 9.05. The van der Waals surface area contributed by atoms with Crippen molar-refractivity contribution in [3.05, 3.63) is 66.4 Å². The molecule has 1 N–H and O–H groups in total. The van der Waals surface area contributed by atoms with Gasteiger partial charge in [0.15, 0.2) is 7.28 Å². The molecule has 0 aliphatic heterocycles. The van der Waals surface area contributed by atoms with Crippen molar-refractivity contribution >= 4 is 12.7 Å². The molecule has 76 valence electrons. The molecule has 0 heterocycles. The van der Waals surface area contributed by atoms with Crippen molar-refractivity contribution in [3.8, 4) is 0 Å². The molecule has 1 aromatic rings. The van der Waals surface area contributed by atoms with Crippen LogP contribution in [0.15, 0.2) is 66.4 Å². The van der Waals surface area contributed by atoms with Gasteiger partial charge < -0.3 is 5.11 Å². The number of benzene rings is 1. The Balaban J connectivity index is 2.75.